The Kier molecular flexibility index (Phi) is 8.25. The molecule has 12 heteroatoms. The molecule has 0 unspecified atom stereocenters. The highest BCUT2D eigenvalue weighted by Crippen LogP contribution is 2.32. The third kappa shape index (κ3) is 5.86. The lowest BCUT2D eigenvalue weighted by atomic mass is 9.97. The molecule has 2 aromatic rings. The monoisotopic (exact) mass is 555 g/mol. The Labute approximate surface area is 217 Å². The van der Waals surface area contributed by atoms with E-state index in [0.717, 1.165) is 12.8 Å². The normalized spacial score (nSPS) is 18.3. The van der Waals surface area contributed by atoms with E-state index >= 15 is 0 Å². The Morgan fingerprint density at radius 2 is 1.67 bits per heavy atom. The van der Waals surface area contributed by atoms with Crippen molar-refractivity contribution >= 4 is 43.2 Å². The van der Waals surface area contributed by atoms with E-state index < -0.39 is 26.0 Å². The lowest BCUT2D eigenvalue weighted by Crippen LogP contribution is -2.42. The van der Waals surface area contributed by atoms with Crippen molar-refractivity contribution in [2.75, 3.05) is 38.6 Å². The fourth-order valence-electron chi connectivity index (χ4n) is 4.56. The number of benzene rings is 2. The number of nitrogens with one attached hydrogen (secondary N) is 1. The van der Waals surface area contributed by atoms with Gasteiger partial charge in [-0.1, -0.05) is 29.8 Å². The Morgan fingerprint density at radius 3 is 2.31 bits per heavy atom. The number of methoxy groups -OCH3 is 1. The van der Waals surface area contributed by atoms with Crippen LogP contribution in [0.1, 0.15) is 31.2 Å². The molecule has 2 aliphatic rings. The summed E-state index contributed by atoms with van der Waals surface area (Å²) >= 11 is 6.13. The molecule has 0 atom stereocenters. The minimum absolute atomic E-state index is 0.0981. The SMILES string of the molecule is COc1ccc(S(=O)(=O)N2CCCC2)cc1NC(=O)C1CCN(S(=O)(=O)Cc2ccccc2Cl)CC1. The van der Waals surface area contributed by atoms with Gasteiger partial charge < -0.3 is 10.1 Å². The van der Waals surface area contributed by atoms with Gasteiger partial charge in [-0.25, -0.2) is 21.1 Å². The van der Waals surface area contributed by atoms with Crippen LogP contribution in [-0.2, 0) is 30.6 Å². The third-order valence-corrected chi connectivity index (χ3v) is 10.7. The summed E-state index contributed by atoms with van der Waals surface area (Å²) in [7, 11) is -5.79. The summed E-state index contributed by atoms with van der Waals surface area (Å²) < 4.78 is 59.9. The van der Waals surface area contributed by atoms with E-state index in [4.69, 9.17) is 16.3 Å². The highest BCUT2D eigenvalue weighted by atomic mass is 35.5. The van der Waals surface area contributed by atoms with E-state index in [1.54, 1.807) is 24.3 Å². The van der Waals surface area contributed by atoms with Crippen LogP contribution in [0.25, 0.3) is 0 Å². The van der Waals surface area contributed by atoms with Crippen LogP contribution < -0.4 is 10.1 Å². The van der Waals surface area contributed by atoms with Crippen molar-refractivity contribution in [3.63, 3.8) is 0 Å². The summed E-state index contributed by atoms with van der Waals surface area (Å²) in [5, 5.41) is 3.20. The first-order chi connectivity index (χ1) is 17.1. The molecule has 2 saturated heterocycles. The Bertz CT molecular complexity index is 1320. The zero-order valence-corrected chi connectivity index (χ0v) is 22.4. The number of amides is 1. The van der Waals surface area contributed by atoms with E-state index in [0.29, 0.717) is 42.3 Å². The highest BCUT2D eigenvalue weighted by Gasteiger charge is 2.32. The minimum atomic E-state index is -3.66. The fraction of sp³-hybridized carbons (Fsp3) is 0.458. The number of carbonyl (C=O) groups is 1. The zero-order chi connectivity index (χ0) is 25.9. The number of rotatable bonds is 8. The minimum Gasteiger partial charge on any atom is -0.495 e. The van der Waals surface area contributed by atoms with Gasteiger partial charge in [-0.15, -0.1) is 0 Å². The second kappa shape index (κ2) is 11.1. The number of hydrogen-bond acceptors (Lipinski definition) is 6. The molecule has 0 radical (unpaired) electrons. The Morgan fingerprint density at radius 1 is 1.00 bits per heavy atom. The number of halogens is 1. The molecule has 1 N–H and O–H groups in total. The van der Waals surface area contributed by atoms with E-state index in [-0.39, 0.29) is 35.3 Å². The smallest absolute Gasteiger partial charge is 0.243 e. The summed E-state index contributed by atoms with van der Waals surface area (Å²) in [6.07, 6.45) is 2.35. The van der Waals surface area contributed by atoms with Gasteiger partial charge in [-0.3, -0.25) is 4.79 Å². The number of sulfonamides is 2. The molecule has 196 valence electrons. The molecule has 9 nitrogen and oxygen atoms in total. The molecule has 0 aliphatic carbocycles. The van der Waals surface area contributed by atoms with Crippen LogP contribution in [0, 0.1) is 5.92 Å². The molecule has 2 fully saturated rings. The maximum Gasteiger partial charge on any atom is 0.243 e. The number of ether oxygens (including phenoxy) is 1. The van der Waals surface area contributed by atoms with Crippen molar-refractivity contribution in [3.8, 4) is 5.75 Å². The zero-order valence-electron chi connectivity index (χ0n) is 20.0. The van der Waals surface area contributed by atoms with Gasteiger partial charge in [0.25, 0.3) is 0 Å². The maximum absolute atomic E-state index is 13.0. The van der Waals surface area contributed by atoms with Gasteiger partial charge in [-0.05, 0) is 55.5 Å². The second-order valence-electron chi connectivity index (χ2n) is 8.98. The first-order valence-corrected chi connectivity index (χ1v) is 15.2. The van der Waals surface area contributed by atoms with Gasteiger partial charge in [0.2, 0.25) is 26.0 Å². The molecule has 0 saturated carbocycles. The molecular formula is C24H30ClN3O6S2. The number of nitrogens with zero attached hydrogens (tertiary/aromatic N) is 2. The lowest BCUT2D eigenvalue weighted by Gasteiger charge is -2.30. The summed E-state index contributed by atoms with van der Waals surface area (Å²) in [6, 6.07) is 11.3. The molecule has 1 amide bonds. The van der Waals surface area contributed by atoms with Gasteiger partial charge in [0, 0.05) is 37.1 Å². The number of piperidine rings is 1. The van der Waals surface area contributed by atoms with Crippen molar-refractivity contribution in [1.82, 2.24) is 8.61 Å². The third-order valence-electron chi connectivity index (χ3n) is 6.65. The van der Waals surface area contributed by atoms with Crippen LogP contribution in [0.2, 0.25) is 5.02 Å². The summed E-state index contributed by atoms with van der Waals surface area (Å²) in [4.78, 5) is 13.1. The van der Waals surface area contributed by atoms with Crippen molar-refractivity contribution < 1.29 is 26.4 Å². The summed E-state index contributed by atoms with van der Waals surface area (Å²) in [6.45, 7) is 1.39. The van der Waals surface area contributed by atoms with E-state index in [1.165, 1.54) is 33.9 Å². The second-order valence-corrected chi connectivity index (χ2v) is 13.3. The summed E-state index contributed by atoms with van der Waals surface area (Å²) in [5.74, 6) is -0.560. The average molecular weight is 556 g/mol. The molecular weight excluding hydrogens is 526 g/mol. The van der Waals surface area contributed by atoms with E-state index in [1.807, 2.05) is 0 Å². The number of anilines is 1. The predicted molar refractivity (Wildman–Crippen MR) is 138 cm³/mol. The molecule has 2 heterocycles. The first kappa shape index (κ1) is 26.9. The molecule has 0 bridgehead atoms. The predicted octanol–water partition coefficient (Wildman–Crippen LogP) is 3.31. The van der Waals surface area contributed by atoms with E-state index in [9.17, 15) is 21.6 Å². The van der Waals surface area contributed by atoms with Crippen LogP contribution in [-0.4, -0.2) is 64.6 Å². The van der Waals surface area contributed by atoms with Gasteiger partial charge in [0.1, 0.15) is 5.75 Å². The molecule has 0 aromatic heterocycles. The lowest BCUT2D eigenvalue weighted by molar-refractivity contribution is -0.120. The van der Waals surface area contributed by atoms with Crippen molar-refractivity contribution in [1.29, 1.82) is 0 Å². The van der Waals surface area contributed by atoms with Crippen LogP contribution in [0.5, 0.6) is 5.75 Å². The van der Waals surface area contributed by atoms with Crippen LogP contribution >= 0.6 is 11.6 Å². The first-order valence-electron chi connectivity index (χ1n) is 11.8. The largest absolute Gasteiger partial charge is 0.495 e. The van der Waals surface area contributed by atoms with Gasteiger partial charge in [-0.2, -0.15) is 4.31 Å². The number of carbonyl (C=O) groups excluding carboxylic acids is 1. The van der Waals surface area contributed by atoms with Crippen molar-refractivity contribution in [2.24, 2.45) is 5.92 Å². The fourth-order valence-corrected chi connectivity index (χ4v) is 7.98. The Balaban J connectivity index is 1.41. The van der Waals surface area contributed by atoms with Crippen LogP contribution in [0.3, 0.4) is 0 Å². The standard InChI is InChI=1S/C24H30ClN3O6S2/c1-34-23-9-8-20(36(32,33)28-12-4-5-13-28)16-22(23)26-24(29)18-10-14-27(15-11-18)35(30,31)17-19-6-2-3-7-21(19)25/h2-3,6-9,16,18H,4-5,10-15,17H2,1H3,(H,26,29). The summed E-state index contributed by atoms with van der Waals surface area (Å²) in [5.41, 5.74) is 0.812. The van der Waals surface area contributed by atoms with Crippen LogP contribution in [0.15, 0.2) is 47.4 Å². The highest BCUT2D eigenvalue weighted by molar-refractivity contribution is 7.89. The Hall–Kier alpha value is -2.18. The maximum atomic E-state index is 13.0. The van der Waals surface area contributed by atoms with E-state index in [2.05, 4.69) is 5.32 Å². The van der Waals surface area contributed by atoms with Crippen molar-refractivity contribution in [3.05, 3.63) is 53.1 Å². The molecule has 0 spiro atoms. The number of hydrogen-bond donors (Lipinski definition) is 1. The molecule has 4 rings (SSSR count). The molecule has 2 aromatic carbocycles. The molecule has 36 heavy (non-hydrogen) atoms. The van der Waals surface area contributed by atoms with Gasteiger partial charge in [0.15, 0.2) is 0 Å². The topological polar surface area (TPSA) is 113 Å². The van der Waals surface area contributed by atoms with Crippen LogP contribution in [0.4, 0.5) is 5.69 Å². The van der Waals surface area contributed by atoms with Crippen molar-refractivity contribution in [2.45, 2.75) is 36.3 Å². The quantitative estimate of drug-likeness (QED) is 0.534. The molecule has 2 aliphatic heterocycles. The van der Waals surface area contributed by atoms with Gasteiger partial charge in [0.05, 0.1) is 23.4 Å². The van der Waals surface area contributed by atoms with Gasteiger partial charge >= 0.3 is 0 Å². The average Bonchev–Trinajstić information content (AvgIpc) is 3.41.